The number of carbonyl (C=O) groups is 1. The van der Waals surface area contributed by atoms with E-state index >= 15 is 0 Å². The van der Waals surface area contributed by atoms with Gasteiger partial charge in [0.2, 0.25) is 0 Å². The maximum absolute atomic E-state index is 11.1. The Morgan fingerprint density at radius 3 is 2.67 bits per heavy atom. The van der Waals surface area contributed by atoms with Crippen LogP contribution in [0.1, 0.15) is 17.4 Å². The molecule has 62 valence electrons. The lowest BCUT2D eigenvalue weighted by atomic mass is 10.2. The minimum Gasteiger partial charge on any atom is -0.293 e. The van der Waals surface area contributed by atoms with Gasteiger partial charge in [-0.1, -0.05) is 12.6 Å². The predicted octanol–water partition coefficient (Wildman–Crippen LogP) is 1.15. The van der Waals surface area contributed by atoms with Gasteiger partial charge in [-0.2, -0.15) is 0 Å². The van der Waals surface area contributed by atoms with E-state index in [1.807, 2.05) is 0 Å². The lowest BCUT2D eigenvalue weighted by Crippen LogP contribution is -2.19. The van der Waals surface area contributed by atoms with Gasteiger partial charge in [0.1, 0.15) is 0 Å². The maximum atomic E-state index is 11.1. The van der Waals surface area contributed by atoms with Crippen LogP contribution >= 0.6 is 0 Å². The molecule has 12 heavy (non-hydrogen) atoms. The van der Waals surface area contributed by atoms with E-state index in [2.05, 4.69) is 6.58 Å². The van der Waals surface area contributed by atoms with Crippen LogP contribution in [-0.4, -0.2) is 10.4 Å². The Labute approximate surface area is 70.0 Å². The maximum Gasteiger partial charge on any atom is 0.255 e. The number of ketones is 1. The topological polar surface area (TPSA) is 39.1 Å². The summed E-state index contributed by atoms with van der Waals surface area (Å²) >= 11 is 0. The summed E-state index contributed by atoms with van der Waals surface area (Å²) in [4.78, 5) is 22.1. The molecule has 1 aromatic rings. The van der Waals surface area contributed by atoms with Crippen LogP contribution in [-0.2, 0) is 0 Å². The van der Waals surface area contributed by atoms with E-state index in [9.17, 15) is 9.59 Å². The van der Waals surface area contributed by atoms with Crippen molar-refractivity contribution in [3.05, 3.63) is 40.8 Å². The first kappa shape index (κ1) is 8.46. The molecule has 0 aliphatic rings. The minimum atomic E-state index is -0.238. The number of hydrogen-bond donors (Lipinski definition) is 0. The van der Waals surface area contributed by atoms with E-state index in [4.69, 9.17) is 0 Å². The van der Waals surface area contributed by atoms with Crippen LogP contribution in [0.25, 0.3) is 6.20 Å². The van der Waals surface area contributed by atoms with E-state index in [0.29, 0.717) is 5.69 Å². The second-order valence-electron chi connectivity index (χ2n) is 2.36. The molecule has 0 N–H and O–H groups in total. The van der Waals surface area contributed by atoms with Crippen molar-refractivity contribution in [3.8, 4) is 0 Å². The van der Waals surface area contributed by atoms with Crippen LogP contribution in [0.2, 0.25) is 0 Å². The Hall–Kier alpha value is -1.64. The summed E-state index contributed by atoms with van der Waals surface area (Å²) in [6, 6.07) is 4.53. The zero-order valence-corrected chi connectivity index (χ0v) is 6.78. The Morgan fingerprint density at radius 2 is 2.25 bits per heavy atom. The third kappa shape index (κ3) is 1.34. The minimum absolute atomic E-state index is 0.146. The molecule has 0 unspecified atom stereocenters. The molecule has 1 rings (SSSR count). The molecule has 0 saturated heterocycles. The van der Waals surface area contributed by atoms with Crippen molar-refractivity contribution in [1.82, 2.24) is 4.57 Å². The van der Waals surface area contributed by atoms with Gasteiger partial charge in [-0.05, 0) is 6.07 Å². The third-order valence-electron chi connectivity index (χ3n) is 1.53. The molecule has 3 heteroatoms. The first-order valence-corrected chi connectivity index (χ1v) is 3.52. The SMILES string of the molecule is C=Cn1c(C(C)=O)cccc1=O. The highest BCUT2D eigenvalue weighted by Crippen LogP contribution is 1.97. The molecule has 0 amide bonds. The van der Waals surface area contributed by atoms with Gasteiger partial charge in [-0.15, -0.1) is 0 Å². The number of hydrogen-bond acceptors (Lipinski definition) is 2. The summed E-state index contributed by atoms with van der Waals surface area (Å²) in [6.07, 6.45) is 1.33. The quantitative estimate of drug-likeness (QED) is 0.613. The van der Waals surface area contributed by atoms with Crippen LogP contribution in [0.15, 0.2) is 29.6 Å². The van der Waals surface area contributed by atoms with Gasteiger partial charge >= 0.3 is 0 Å². The molecule has 0 aromatic carbocycles. The third-order valence-corrected chi connectivity index (χ3v) is 1.53. The summed E-state index contributed by atoms with van der Waals surface area (Å²) in [5.74, 6) is -0.146. The highest BCUT2D eigenvalue weighted by atomic mass is 16.1. The normalized spacial score (nSPS) is 9.42. The Kier molecular flexibility index (Phi) is 2.24. The summed E-state index contributed by atoms with van der Waals surface area (Å²) in [5.41, 5.74) is 0.121. The van der Waals surface area contributed by atoms with Gasteiger partial charge in [-0.3, -0.25) is 14.2 Å². The van der Waals surface area contributed by atoms with Gasteiger partial charge in [0, 0.05) is 19.2 Å². The Balaban J connectivity index is 3.48. The van der Waals surface area contributed by atoms with E-state index in [0.717, 1.165) is 0 Å². The van der Waals surface area contributed by atoms with Crippen LogP contribution in [0.3, 0.4) is 0 Å². The van der Waals surface area contributed by atoms with Gasteiger partial charge in [0.25, 0.3) is 5.56 Å². The van der Waals surface area contributed by atoms with Crippen molar-refractivity contribution in [3.63, 3.8) is 0 Å². The number of Topliss-reactive ketones (excluding diaryl/α,β-unsaturated/α-hetero) is 1. The standard InChI is InChI=1S/C9H9NO2/c1-3-10-8(7(2)11)5-4-6-9(10)12/h3-6H,1H2,2H3. The van der Waals surface area contributed by atoms with Gasteiger partial charge in [0.15, 0.2) is 5.78 Å². The lowest BCUT2D eigenvalue weighted by Gasteiger charge is -2.02. The highest BCUT2D eigenvalue weighted by Gasteiger charge is 2.03. The lowest BCUT2D eigenvalue weighted by molar-refractivity contribution is 0.101. The zero-order valence-electron chi connectivity index (χ0n) is 6.78. The van der Waals surface area contributed by atoms with Crippen LogP contribution in [0.5, 0.6) is 0 Å². The van der Waals surface area contributed by atoms with Crippen molar-refractivity contribution in [2.75, 3.05) is 0 Å². The fourth-order valence-corrected chi connectivity index (χ4v) is 0.976. The van der Waals surface area contributed by atoms with E-state index in [1.54, 1.807) is 12.1 Å². The van der Waals surface area contributed by atoms with Crippen LogP contribution in [0, 0.1) is 0 Å². The second kappa shape index (κ2) is 3.17. The van der Waals surface area contributed by atoms with Crippen molar-refractivity contribution in [2.45, 2.75) is 6.92 Å². The van der Waals surface area contributed by atoms with Crippen molar-refractivity contribution >= 4 is 12.0 Å². The van der Waals surface area contributed by atoms with E-state index < -0.39 is 0 Å². The average molecular weight is 163 g/mol. The highest BCUT2D eigenvalue weighted by molar-refractivity contribution is 5.92. The van der Waals surface area contributed by atoms with Gasteiger partial charge in [0.05, 0.1) is 5.69 Å². The van der Waals surface area contributed by atoms with Crippen molar-refractivity contribution in [2.24, 2.45) is 0 Å². The number of carbonyl (C=O) groups excluding carboxylic acids is 1. The number of rotatable bonds is 2. The molecule has 0 radical (unpaired) electrons. The van der Waals surface area contributed by atoms with Gasteiger partial charge < -0.3 is 0 Å². The molecule has 0 aliphatic heterocycles. The molecule has 0 spiro atoms. The Morgan fingerprint density at radius 1 is 1.58 bits per heavy atom. The summed E-state index contributed by atoms with van der Waals surface area (Å²) in [5, 5.41) is 0. The molecule has 0 fully saturated rings. The molecule has 0 bridgehead atoms. The number of nitrogens with zero attached hydrogens (tertiary/aromatic N) is 1. The monoisotopic (exact) mass is 163 g/mol. The van der Waals surface area contributed by atoms with Crippen molar-refractivity contribution in [1.29, 1.82) is 0 Å². The molecule has 1 heterocycles. The fraction of sp³-hybridized carbons (Fsp3) is 0.111. The molecular formula is C9H9NO2. The average Bonchev–Trinajstić information content (AvgIpc) is 2.03. The molecule has 0 atom stereocenters. The largest absolute Gasteiger partial charge is 0.293 e. The molecule has 3 nitrogen and oxygen atoms in total. The number of aromatic nitrogens is 1. The summed E-state index contributed by atoms with van der Waals surface area (Å²) in [6.45, 7) is 4.86. The smallest absolute Gasteiger partial charge is 0.255 e. The molecule has 1 aromatic heterocycles. The number of pyridine rings is 1. The first-order chi connectivity index (χ1) is 5.66. The molecular weight excluding hydrogens is 154 g/mol. The van der Waals surface area contributed by atoms with E-state index in [-0.39, 0.29) is 11.3 Å². The van der Waals surface area contributed by atoms with Crippen molar-refractivity contribution < 1.29 is 4.79 Å². The Bertz CT molecular complexity index is 376. The first-order valence-electron chi connectivity index (χ1n) is 3.52. The second-order valence-corrected chi connectivity index (χ2v) is 2.36. The van der Waals surface area contributed by atoms with Gasteiger partial charge in [-0.25, -0.2) is 0 Å². The zero-order chi connectivity index (χ0) is 9.14. The fourth-order valence-electron chi connectivity index (χ4n) is 0.976. The molecule has 0 saturated carbocycles. The van der Waals surface area contributed by atoms with E-state index in [1.165, 1.54) is 23.8 Å². The van der Waals surface area contributed by atoms with Crippen LogP contribution in [0.4, 0.5) is 0 Å². The predicted molar refractivity (Wildman–Crippen MR) is 47.1 cm³/mol. The van der Waals surface area contributed by atoms with Crippen LogP contribution < -0.4 is 5.56 Å². The summed E-state index contributed by atoms with van der Waals surface area (Å²) < 4.78 is 1.22. The molecule has 0 aliphatic carbocycles. The summed E-state index contributed by atoms with van der Waals surface area (Å²) in [7, 11) is 0.